The largest absolute Gasteiger partial charge is 0.329 e. The maximum absolute atomic E-state index is 13.2. The number of halogens is 2. The van der Waals surface area contributed by atoms with Crippen molar-refractivity contribution in [2.75, 3.05) is 13.1 Å². The lowest BCUT2D eigenvalue weighted by Gasteiger charge is -2.11. The number of benzene rings is 1. The molecule has 2 N–H and O–H groups in total. The van der Waals surface area contributed by atoms with Gasteiger partial charge in [-0.05, 0) is 17.7 Å². The summed E-state index contributed by atoms with van der Waals surface area (Å²) in [6.45, 7) is 0.481. The minimum Gasteiger partial charge on any atom is -0.329 e. The van der Waals surface area contributed by atoms with E-state index in [0.29, 0.717) is 10.4 Å². The number of nitrogens with zero attached hydrogens (tertiary/aromatic N) is 2. The molecule has 0 saturated carbocycles. The molecule has 0 aliphatic heterocycles. The molecule has 0 fully saturated rings. The lowest BCUT2D eigenvalue weighted by atomic mass is 10.1. The molecule has 0 saturated heterocycles. The summed E-state index contributed by atoms with van der Waals surface area (Å²) in [5.74, 6) is -0.804. The number of carbonyl (C=O) groups is 1. The monoisotopic (exact) mass is 299 g/mol. The molecule has 0 radical (unpaired) electrons. The number of thiazole rings is 1. The Morgan fingerprint density at radius 2 is 2.32 bits per heavy atom. The molecule has 2 rings (SSSR count). The molecule has 1 aromatic heterocycles. The molecule has 2 aromatic rings. The first kappa shape index (κ1) is 13.9. The molecule has 0 atom stereocenters. The van der Waals surface area contributed by atoms with Crippen LogP contribution in [0.3, 0.4) is 0 Å². The van der Waals surface area contributed by atoms with Gasteiger partial charge in [0.1, 0.15) is 11.5 Å². The van der Waals surface area contributed by atoms with Crippen molar-refractivity contribution >= 4 is 29.0 Å². The molecule has 100 valence electrons. The summed E-state index contributed by atoms with van der Waals surface area (Å²) >= 11 is 7.07. The van der Waals surface area contributed by atoms with Gasteiger partial charge in [0, 0.05) is 18.3 Å². The number of aromatic nitrogens is 1. The molecule has 0 aliphatic carbocycles. The maximum Gasteiger partial charge on any atom is 0.288 e. The van der Waals surface area contributed by atoms with E-state index in [-0.39, 0.29) is 24.6 Å². The molecule has 0 aliphatic rings. The van der Waals surface area contributed by atoms with Gasteiger partial charge >= 0.3 is 0 Å². The zero-order valence-electron chi connectivity index (χ0n) is 9.85. The maximum atomic E-state index is 13.2. The molecular formula is C12H11ClFN3OS. The molecule has 0 bridgehead atoms. The van der Waals surface area contributed by atoms with Gasteiger partial charge in [0.05, 0.1) is 16.9 Å². The van der Waals surface area contributed by atoms with Crippen LogP contribution in [0.1, 0.15) is 10.5 Å². The van der Waals surface area contributed by atoms with E-state index in [4.69, 9.17) is 17.5 Å². The van der Waals surface area contributed by atoms with Crippen molar-refractivity contribution in [3.05, 3.63) is 41.3 Å². The molecule has 7 heteroatoms. The molecule has 1 aromatic carbocycles. The van der Waals surface area contributed by atoms with Crippen LogP contribution in [-0.4, -0.2) is 28.4 Å². The number of hydrogen-bond donors (Lipinski definition) is 1. The van der Waals surface area contributed by atoms with Crippen molar-refractivity contribution < 1.29 is 9.18 Å². The van der Waals surface area contributed by atoms with Gasteiger partial charge in [-0.1, -0.05) is 12.1 Å². The van der Waals surface area contributed by atoms with E-state index in [2.05, 4.69) is 4.98 Å². The van der Waals surface area contributed by atoms with Crippen LogP contribution >= 0.6 is 23.1 Å². The van der Waals surface area contributed by atoms with E-state index >= 15 is 0 Å². The Morgan fingerprint density at radius 1 is 1.53 bits per heavy atom. The first-order valence-electron chi connectivity index (χ1n) is 5.50. The van der Waals surface area contributed by atoms with Crippen LogP contribution in [0.5, 0.6) is 0 Å². The van der Waals surface area contributed by atoms with E-state index in [1.807, 2.05) is 0 Å². The molecule has 1 heterocycles. The van der Waals surface area contributed by atoms with Gasteiger partial charge in [0.15, 0.2) is 0 Å². The minimum absolute atomic E-state index is 0.207. The third kappa shape index (κ3) is 3.09. The fourth-order valence-electron chi connectivity index (χ4n) is 1.56. The van der Waals surface area contributed by atoms with Crippen molar-refractivity contribution in [1.29, 1.82) is 0 Å². The van der Waals surface area contributed by atoms with Gasteiger partial charge in [0.2, 0.25) is 0 Å². The summed E-state index contributed by atoms with van der Waals surface area (Å²) in [6, 6.07) is 5.99. The van der Waals surface area contributed by atoms with Gasteiger partial charge in [0.25, 0.3) is 5.91 Å². The fourth-order valence-corrected chi connectivity index (χ4v) is 2.52. The molecule has 4 nitrogen and oxygen atoms in total. The Hall–Kier alpha value is -1.50. The van der Waals surface area contributed by atoms with Gasteiger partial charge in [-0.3, -0.25) is 4.79 Å². The summed E-state index contributed by atoms with van der Waals surface area (Å²) in [5, 5.41) is 0. The zero-order chi connectivity index (χ0) is 13.8. The highest BCUT2D eigenvalue weighted by Crippen LogP contribution is 2.29. The molecule has 0 spiro atoms. The highest BCUT2D eigenvalue weighted by Gasteiger charge is 2.21. The zero-order valence-corrected chi connectivity index (χ0v) is 11.4. The highest BCUT2D eigenvalue weighted by molar-refractivity contribution is 7.13. The normalized spacial score (nSPS) is 10.5. The second-order valence-corrected chi connectivity index (χ2v) is 4.98. The van der Waals surface area contributed by atoms with Gasteiger partial charge in [-0.2, -0.15) is 0 Å². The average Bonchev–Trinajstić information content (AvgIpc) is 2.87. The first-order valence-corrected chi connectivity index (χ1v) is 6.72. The average molecular weight is 300 g/mol. The van der Waals surface area contributed by atoms with E-state index in [9.17, 15) is 9.18 Å². The van der Waals surface area contributed by atoms with Crippen LogP contribution in [0.25, 0.3) is 10.4 Å². The Morgan fingerprint density at radius 3 is 3.00 bits per heavy atom. The smallest absolute Gasteiger partial charge is 0.288 e. The van der Waals surface area contributed by atoms with Crippen LogP contribution in [0.4, 0.5) is 4.39 Å². The molecule has 1 amide bonds. The second kappa shape index (κ2) is 6.10. The third-order valence-electron chi connectivity index (χ3n) is 2.40. The molecular weight excluding hydrogens is 289 g/mol. The van der Waals surface area contributed by atoms with Crippen LogP contribution in [-0.2, 0) is 0 Å². The molecule has 19 heavy (non-hydrogen) atoms. The highest BCUT2D eigenvalue weighted by atomic mass is 35.5. The van der Waals surface area contributed by atoms with Crippen LogP contribution in [0.2, 0.25) is 0 Å². The Kier molecular flexibility index (Phi) is 4.47. The number of amides is 1. The van der Waals surface area contributed by atoms with Gasteiger partial charge in [-0.25, -0.2) is 13.8 Å². The van der Waals surface area contributed by atoms with Gasteiger partial charge < -0.3 is 5.73 Å². The van der Waals surface area contributed by atoms with Crippen molar-refractivity contribution in [3.8, 4) is 10.4 Å². The number of carbonyl (C=O) groups excluding carboxylic acids is 1. The van der Waals surface area contributed by atoms with Crippen molar-refractivity contribution in [2.45, 2.75) is 0 Å². The van der Waals surface area contributed by atoms with E-state index < -0.39 is 5.91 Å². The number of hydrogen-bond acceptors (Lipinski definition) is 4. The first-order chi connectivity index (χ1) is 9.13. The Labute approximate surface area is 118 Å². The summed E-state index contributed by atoms with van der Waals surface area (Å²) in [7, 11) is 0. The van der Waals surface area contributed by atoms with E-state index in [1.54, 1.807) is 12.1 Å². The van der Waals surface area contributed by atoms with Crippen LogP contribution in [0.15, 0.2) is 29.8 Å². The molecule has 0 unspecified atom stereocenters. The summed E-state index contributed by atoms with van der Waals surface area (Å²) in [4.78, 5) is 16.7. The number of nitrogens with two attached hydrogens (primary N) is 1. The predicted octanol–water partition coefficient (Wildman–Crippen LogP) is 2.50. The Bertz CT molecular complexity index is 590. The standard InChI is InChI=1S/C12H11ClFN3OS/c13-17(5-4-15)12(18)10-11(19-7-16-10)8-2-1-3-9(14)6-8/h1-3,6-7H,4-5,15H2. The van der Waals surface area contributed by atoms with E-state index in [0.717, 1.165) is 4.42 Å². The van der Waals surface area contributed by atoms with Gasteiger partial charge in [-0.15, -0.1) is 11.3 Å². The minimum atomic E-state index is -0.437. The quantitative estimate of drug-likeness (QED) is 0.883. The van der Waals surface area contributed by atoms with Crippen LogP contribution < -0.4 is 5.73 Å². The predicted molar refractivity (Wildman–Crippen MR) is 73.5 cm³/mol. The second-order valence-electron chi connectivity index (χ2n) is 3.72. The summed E-state index contributed by atoms with van der Waals surface area (Å²) in [6.07, 6.45) is 0. The SMILES string of the molecule is NCCN(Cl)C(=O)c1ncsc1-c1cccc(F)c1. The van der Waals surface area contributed by atoms with Crippen molar-refractivity contribution in [2.24, 2.45) is 5.73 Å². The topological polar surface area (TPSA) is 59.2 Å². The van der Waals surface area contributed by atoms with Crippen molar-refractivity contribution in [3.63, 3.8) is 0 Å². The lowest BCUT2D eigenvalue weighted by Crippen LogP contribution is -2.27. The Balaban J connectivity index is 2.35. The van der Waals surface area contributed by atoms with E-state index in [1.165, 1.54) is 29.0 Å². The lowest BCUT2D eigenvalue weighted by molar-refractivity contribution is 0.0862. The van der Waals surface area contributed by atoms with Crippen molar-refractivity contribution in [1.82, 2.24) is 9.40 Å². The van der Waals surface area contributed by atoms with Crippen LogP contribution in [0, 0.1) is 5.82 Å². The third-order valence-corrected chi connectivity index (χ3v) is 3.60. The number of rotatable bonds is 4. The summed E-state index contributed by atoms with van der Waals surface area (Å²) in [5.41, 5.74) is 7.68. The fraction of sp³-hybridized carbons (Fsp3) is 0.167. The summed E-state index contributed by atoms with van der Waals surface area (Å²) < 4.78 is 14.2.